The van der Waals surface area contributed by atoms with Crippen molar-refractivity contribution in [2.45, 2.75) is 13.8 Å². The van der Waals surface area contributed by atoms with Crippen molar-refractivity contribution in [3.8, 4) is 0 Å². The fourth-order valence-corrected chi connectivity index (χ4v) is 0.728. The maximum Gasteiger partial charge on any atom is 0.0904 e. The van der Waals surface area contributed by atoms with Crippen molar-refractivity contribution in [1.82, 2.24) is 0 Å². The van der Waals surface area contributed by atoms with Gasteiger partial charge in [-0.3, -0.25) is 0 Å². The molecule has 0 aromatic heterocycles. The van der Waals surface area contributed by atoms with E-state index in [9.17, 15) is 0 Å². The van der Waals surface area contributed by atoms with E-state index in [0.29, 0.717) is 11.8 Å². The fraction of sp³-hybridized carbons (Fsp3) is 0.714. The van der Waals surface area contributed by atoms with Crippen LogP contribution in [0, 0.1) is 11.8 Å². The first-order valence-corrected chi connectivity index (χ1v) is 3.09. The van der Waals surface area contributed by atoms with Crippen molar-refractivity contribution in [3.63, 3.8) is 0 Å². The summed E-state index contributed by atoms with van der Waals surface area (Å²) in [7, 11) is 0. The van der Waals surface area contributed by atoms with Gasteiger partial charge in [0.25, 0.3) is 0 Å². The van der Waals surface area contributed by atoms with Crippen molar-refractivity contribution < 1.29 is 4.74 Å². The van der Waals surface area contributed by atoms with Crippen molar-refractivity contribution >= 4 is 0 Å². The highest BCUT2D eigenvalue weighted by Crippen LogP contribution is 2.16. The quantitative estimate of drug-likeness (QED) is 0.464. The van der Waals surface area contributed by atoms with Crippen LogP contribution in [0.3, 0.4) is 0 Å². The first-order valence-electron chi connectivity index (χ1n) is 3.09. The molecule has 0 fully saturated rings. The Labute approximate surface area is 50.3 Å². The first kappa shape index (κ1) is 5.67. The number of allylic oxidation sites excluding steroid dienone is 1. The van der Waals surface area contributed by atoms with E-state index in [1.54, 1.807) is 6.26 Å². The second-order valence-electron chi connectivity index (χ2n) is 2.50. The lowest BCUT2D eigenvalue weighted by Gasteiger charge is -2.19. The summed E-state index contributed by atoms with van der Waals surface area (Å²) in [5.41, 5.74) is 0. The minimum atomic E-state index is 0.694. The van der Waals surface area contributed by atoms with Crippen LogP contribution in [0.2, 0.25) is 0 Å². The third-order valence-electron chi connectivity index (χ3n) is 1.74. The normalized spacial score (nSPS) is 36.8. The zero-order chi connectivity index (χ0) is 5.98. The predicted molar refractivity (Wildman–Crippen MR) is 33.4 cm³/mol. The topological polar surface area (TPSA) is 9.23 Å². The second kappa shape index (κ2) is 2.21. The molecule has 2 atom stereocenters. The lowest BCUT2D eigenvalue weighted by Crippen LogP contribution is -2.14. The number of ether oxygens (including phenoxy) is 1. The highest BCUT2D eigenvalue weighted by molar-refractivity contribution is 4.87. The summed E-state index contributed by atoms with van der Waals surface area (Å²) in [6.45, 7) is 5.30. The molecule has 0 saturated carbocycles. The van der Waals surface area contributed by atoms with Gasteiger partial charge in [0, 0.05) is 0 Å². The summed E-state index contributed by atoms with van der Waals surface area (Å²) < 4.78 is 5.07. The van der Waals surface area contributed by atoms with E-state index in [4.69, 9.17) is 4.74 Å². The fourth-order valence-electron chi connectivity index (χ4n) is 0.728. The molecule has 0 spiro atoms. The number of hydrogen-bond acceptors (Lipinski definition) is 1. The molecule has 0 amide bonds. The molecule has 1 nitrogen and oxygen atoms in total. The van der Waals surface area contributed by atoms with Crippen LogP contribution < -0.4 is 0 Å². The zero-order valence-corrected chi connectivity index (χ0v) is 5.42. The van der Waals surface area contributed by atoms with Crippen molar-refractivity contribution in [2.75, 3.05) is 6.61 Å². The first-order chi connectivity index (χ1) is 3.80. The maximum atomic E-state index is 5.07. The molecule has 0 unspecified atom stereocenters. The van der Waals surface area contributed by atoms with Gasteiger partial charge in [-0.1, -0.05) is 13.8 Å². The summed E-state index contributed by atoms with van der Waals surface area (Å²) in [5.74, 6) is 1.39. The molecule has 0 bridgehead atoms. The van der Waals surface area contributed by atoms with Crippen molar-refractivity contribution in [2.24, 2.45) is 11.8 Å². The lowest BCUT2D eigenvalue weighted by atomic mass is 9.96. The van der Waals surface area contributed by atoms with Gasteiger partial charge in [0.1, 0.15) is 0 Å². The third kappa shape index (κ3) is 1.03. The van der Waals surface area contributed by atoms with Gasteiger partial charge >= 0.3 is 0 Å². The monoisotopic (exact) mass is 112 g/mol. The van der Waals surface area contributed by atoms with Crippen LogP contribution in [0.5, 0.6) is 0 Å². The van der Waals surface area contributed by atoms with E-state index in [0.717, 1.165) is 6.61 Å². The molecule has 1 rings (SSSR count). The van der Waals surface area contributed by atoms with Crippen LogP contribution in [0.4, 0.5) is 0 Å². The Balaban J connectivity index is 2.47. The van der Waals surface area contributed by atoms with Gasteiger partial charge in [-0.05, 0) is 17.9 Å². The SMILES string of the molecule is C[C@@H]1COC=C[C@@H]1C. The Hall–Kier alpha value is -0.460. The number of rotatable bonds is 0. The maximum absolute atomic E-state index is 5.07. The summed E-state index contributed by atoms with van der Waals surface area (Å²) in [6, 6.07) is 0. The largest absolute Gasteiger partial charge is 0.501 e. The lowest BCUT2D eigenvalue weighted by molar-refractivity contribution is 0.159. The van der Waals surface area contributed by atoms with Gasteiger partial charge in [-0.25, -0.2) is 0 Å². The van der Waals surface area contributed by atoms with Crippen LogP contribution >= 0.6 is 0 Å². The van der Waals surface area contributed by atoms with Gasteiger partial charge in [0.15, 0.2) is 0 Å². The second-order valence-corrected chi connectivity index (χ2v) is 2.50. The molecular formula is C7H12O. The summed E-state index contributed by atoms with van der Waals surface area (Å²) in [5, 5.41) is 0. The van der Waals surface area contributed by atoms with Crippen LogP contribution in [-0.2, 0) is 4.74 Å². The molecule has 0 aromatic rings. The van der Waals surface area contributed by atoms with Crippen LogP contribution in [-0.4, -0.2) is 6.61 Å². The summed E-state index contributed by atoms with van der Waals surface area (Å²) >= 11 is 0. The average Bonchev–Trinajstić information content (AvgIpc) is 1.77. The standard InChI is InChI=1S/C7H12O/c1-6-3-4-8-5-7(6)2/h3-4,6-7H,5H2,1-2H3/t6-,7+/m0/s1. The van der Waals surface area contributed by atoms with Gasteiger partial charge in [0.2, 0.25) is 0 Å². The van der Waals surface area contributed by atoms with Crippen LogP contribution in [0.25, 0.3) is 0 Å². The molecule has 1 heteroatoms. The smallest absolute Gasteiger partial charge is 0.0904 e. The molecule has 8 heavy (non-hydrogen) atoms. The van der Waals surface area contributed by atoms with Crippen LogP contribution in [0.15, 0.2) is 12.3 Å². The Morgan fingerprint density at radius 2 is 2.25 bits per heavy atom. The molecular weight excluding hydrogens is 100 g/mol. The summed E-state index contributed by atoms with van der Waals surface area (Å²) in [4.78, 5) is 0. The Morgan fingerprint density at radius 1 is 1.50 bits per heavy atom. The van der Waals surface area contributed by atoms with Gasteiger partial charge < -0.3 is 4.74 Å². The van der Waals surface area contributed by atoms with E-state index < -0.39 is 0 Å². The zero-order valence-electron chi connectivity index (χ0n) is 5.42. The van der Waals surface area contributed by atoms with Crippen molar-refractivity contribution in [1.29, 1.82) is 0 Å². The van der Waals surface area contributed by atoms with Crippen LogP contribution in [0.1, 0.15) is 13.8 Å². The van der Waals surface area contributed by atoms with E-state index in [1.807, 2.05) is 0 Å². The molecule has 0 aliphatic carbocycles. The third-order valence-corrected chi connectivity index (χ3v) is 1.74. The minimum absolute atomic E-state index is 0.694. The Morgan fingerprint density at radius 3 is 2.62 bits per heavy atom. The Bertz CT molecular complexity index is 96.6. The molecule has 1 aliphatic rings. The molecule has 0 radical (unpaired) electrons. The molecule has 0 N–H and O–H groups in total. The highest BCUT2D eigenvalue weighted by atomic mass is 16.5. The molecule has 0 saturated heterocycles. The number of hydrogen-bond donors (Lipinski definition) is 0. The Kier molecular flexibility index (Phi) is 1.56. The van der Waals surface area contributed by atoms with E-state index >= 15 is 0 Å². The highest BCUT2D eigenvalue weighted by Gasteiger charge is 2.11. The van der Waals surface area contributed by atoms with E-state index in [1.165, 1.54) is 0 Å². The molecule has 1 heterocycles. The molecule has 0 aromatic carbocycles. The predicted octanol–water partition coefficient (Wildman–Crippen LogP) is 1.80. The average molecular weight is 112 g/mol. The van der Waals surface area contributed by atoms with Gasteiger partial charge in [0.05, 0.1) is 12.9 Å². The van der Waals surface area contributed by atoms with Gasteiger partial charge in [-0.2, -0.15) is 0 Å². The summed E-state index contributed by atoms with van der Waals surface area (Å²) in [6.07, 6.45) is 3.90. The van der Waals surface area contributed by atoms with E-state index in [-0.39, 0.29) is 0 Å². The molecule has 1 aliphatic heterocycles. The minimum Gasteiger partial charge on any atom is -0.501 e. The van der Waals surface area contributed by atoms with Crippen molar-refractivity contribution in [3.05, 3.63) is 12.3 Å². The molecule has 46 valence electrons. The van der Waals surface area contributed by atoms with Gasteiger partial charge in [-0.15, -0.1) is 0 Å². The van der Waals surface area contributed by atoms with E-state index in [2.05, 4.69) is 19.9 Å².